The van der Waals surface area contributed by atoms with Crippen LogP contribution in [0.4, 0.5) is 0 Å². The van der Waals surface area contributed by atoms with E-state index >= 15 is 0 Å². The molecule has 0 radical (unpaired) electrons. The molecule has 0 aromatic heterocycles. The van der Waals surface area contributed by atoms with Crippen molar-refractivity contribution in [2.75, 3.05) is 7.11 Å². The van der Waals surface area contributed by atoms with Crippen LogP contribution in [0, 0.1) is 0 Å². The molecule has 0 spiro atoms. The summed E-state index contributed by atoms with van der Waals surface area (Å²) in [5.41, 5.74) is 3.49. The van der Waals surface area contributed by atoms with E-state index in [9.17, 15) is 0 Å². The first-order valence-electron chi connectivity index (χ1n) is 5.01. The molecule has 0 aliphatic heterocycles. The molecule has 0 saturated heterocycles. The number of hydrogen-bond donors (Lipinski definition) is 0. The van der Waals surface area contributed by atoms with Crippen molar-refractivity contribution in [3.05, 3.63) is 35.4 Å². The Labute approximate surface area is 85.6 Å². The Balaban J connectivity index is 2.89. The quantitative estimate of drug-likeness (QED) is 0.529. The van der Waals surface area contributed by atoms with E-state index in [0.717, 1.165) is 24.1 Å². The number of oxime groups is 1. The molecule has 0 N–H and O–H groups in total. The lowest BCUT2D eigenvalue weighted by Crippen LogP contribution is -1.99. The van der Waals surface area contributed by atoms with Gasteiger partial charge in [0.05, 0.1) is 5.71 Å². The second kappa shape index (κ2) is 5.43. The predicted octanol–water partition coefficient (Wildman–Crippen LogP) is 3.01. The summed E-state index contributed by atoms with van der Waals surface area (Å²) in [4.78, 5) is 4.79. The van der Waals surface area contributed by atoms with E-state index in [0.29, 0.717) is 0 Å². The predicted molar refractivity (Wildman–Crippen MR) is 59.7 cm³/mol. The van der Waals surface area contributed by atoms with Crippen LogP contribution in [0.15, 0.2) is 29.4 Å². The van der Waals surface area contributed by atoms with Crippen molar-refractivity contribution in [2.24, 2.45) is 5.16 Å². The summed E-state index contributed by atoms with van der Waals surface area (Å²) in [5, 5.41) is 3.99. The van der Waals surface area contributed by atoms with Gasteiger partial charge < -0.3 is 4.84 Å². The van der Waals surface area contributed by atoms with Crippen LogP contribution in [0.2, 0.25) is 0 Å². The van der Waals surface area contributed by atoms with Gasteiger partial charge in [-0.05, 0) is 24.0 Å². The molecule has 1 aromatic rings. The minimum atomic E-state index is 0.888. The Bertz CT molecular complexity index is 301. The standard InChI is InChI=1S/C12H17NO/c1-4-10-6-8-11(9-7-10)12(5-2)13-14-3/h6-9H,4-5H2,1-3H3/b13-12-. The van der Waals surface area contributed by atoms with Gasteiger partial charge in [-0.25, -0.2) is 0 Å². The van der Waals surface area contributed by atoms with Crippen LogP contribution >= 0.6 is 0 Å². The van der Waals surface area contributed by atoms with Gasteiger partial charge in [0.2, 0.25) is 0 Å². The van der Waals surface area contributed by atoms with Gasteiger partial charge in [0.15, 0.2) is 0 Å². The highest BCUT2D eigenvalue weighted by molar-refractivity contribution is 6.00. The number of hydrogen-bond acceptors (Lipinski definition) is 2. The number of aryl methyl sites for hydroxylation is 1. The van der Waals surface area contributed by atoms with Crippen molar-refractivity contribution >= 4 is 5.71 Å². The summed E-state index contributed by atoms with van der Waals surface area (Å²) in [6.07, 6.45) is 1.96. The molecular weight excluding hydrogens is 174 g/mol. The Morgan fingerprint density at radius 1 is 1.21 bits per heavy atom. The maximum Gasteiger partial charge on any atom is 0.106 e. The summed E-state index contributed by atoms with van der Waals surface area (Å²) in [6.45, 7) is 4.23. The Morgan fingerprint density at radius 3 is 2.29 bits per heavy atom. The molecule has 0 aliphatic rings. The summed E-state index contributed by atoms with van der Waals surface area (Å²) in [6, 6.07) is 8.46. The molecule has 2 nitrogen and oxygen atoms in total. The van der Waals surface area contributed by atoms with Crippen LogP contribution in [0.5, 0.6) is 0 Å². The van der Waals surface area contributed by atoms with Gasteiger partial charge in [-0.2, -0.15) is 0 Å². The van der Waals surface area contributed by atoms with Crippen molar-refractivity contribution in [3.63, 3.8) is 0 Å². The second-order valence-electron chi connectivity index (χ2n) is 3.12. The van der Waals surface area contributed by atoms with Gasteiger partial charge in [-0.3, -0.25) is 0 Å². The SMILES string of the molecule is CC/C(=N/OC)c1ccc(CC)cc1. The van der Waals surface area contributed by atoms with E-state index in [2.05, 4.69) is 43.3 Å². The molecule has 0 heterocycles. The van der Waals surface area contributed by atoms with Crippen molar-refractivity contribution < 1.29 is 4.84 Å². The van der Waals surface area contributed by atoms with Crippen LogP contribution < -0.4 is 0 Å². The summed E-state index contributed by atoms with van der Waals surface area (Å²) < 4.78 is 0. The van der Waals surface area contributed by atoms with Crippen LogP contribution in [-0.2, 0) is 11.3 Å². The highest BCUT2D eigenvalue weighted by atomic mass is 16.6. The van der Waals surface area contributed by atoms with Crippen molar-refractivity contribution in [3.8, 4) is 0 Å². The number of nitrogens with zero attached hydrogens (tertiary/aromatic N) is 1. The van der Waals surface area contributed by atoms with E-state index in [4.69, 9.17) is 4.84 Å². The maximum atomic E-state index is 4.79. The van der Waals surface area contributed by atoms with Gasteiger partial charge in [0, 0.05) is 0 Å². The first-order valence-corrected chi connectivity index (χ1v) is 5.01. The summed E-state index contributed by atoms with van der Waals surface area (Å²) in [7, 11) is 1.58. The molecule has 0 unspecified atom stereocenters. The minimum absolute atomic E-state index is 0.888. The number of rotatable bonds is 4. The molecule has 2 heteroatoms. The highest BCUT2D eigenvalue weighted by Crippen LogP contribution is 2.08. The van der Waals surface area contributed by atoms with Gasteiger partial charge >= 0.3 is 0 Å². The monoisotopic (exact) mass is 191 g/mol. The smallest absolute Gasteiger partial charge is 0.106 e. The molecule has 0 aliphatic carbocycles. The first-order chi connectivity index (χ1) is 6.81. The lowest BCUT2D eigenvalue weighted by atomic mass is 10.1. The van der Waals surface area contributed by atoms with E-state index in [1.807, 2.05) is 0 Å². The fourth-order valence-corrected chi connectivity index (χ4v) is 1.36. The minimum Gasteiger partial charge on any atom is -0.399 e. The van der Waals surface area contributed by atoms with Crippen molar-refractivity contribution in [1.82, 2.24) is 0 Å². The zero-order valence-corrected chi connectivity index (χ0v) is 9.08. The molecule has 1 aromatic carbocycles. The lowest BCUT2D eigenvalue weighted by Gasteiger charge is -2.03. The van der Waals surface area contributed by atoms with E-state index in [1.54, 1.807) is 7.11 Å². The van der Waals surface area contributed by atoms with E-state index in [-0.39, 0.29) is 0 Å². The fourth-order valence-electron chi connectivity index (χ4n) is 1.36. The van der Waals surface area contributed by atoms with E-state index < -0.39 is 0 Å². The van der Waals surface area contributed by atoms with Gasteiger partial charge in [0.1, 0.15) is 7.11 Å². The van der Waals surface area contributed by atoms with Crippen LogP contribution in [-0.4, -0.2) is 12.8 Å². The number of benzene rings is 1. The maximum absolute atomic E-state index is 4.79. The van der Waals surface area contributed by atoms with Crippen LogP contribution in [0.25, 0.3) is 0 Å². The molecule has 0 amide bonds. The largest absolute Gasteiger partial charge is 0.399 e. The van der Waals surface area contributed by atoms with Crippen molar-refractivity contribution in [1.29, 1.82) is 0 Å². The Morgan fingerprint density at radius 2 is 1.86 bits per heavy atom. The van der Waals surface area contributed by atoms with Crippen LogP contribution in [0.1, 0.15) is 31.4 Å². The zero-order valence-electron chi connectivity index (χ0n) is 9.08. The van der Waals surface area contributed by atoms with Crippen LogP contribution in [0.3, 0.4) is 0 Å². The Hall–Kier alpha value is -1.31. The fraction of sp³-hybridized carbons (Fsp3) is 0.417. The molecule has 0 atom stereocenters. The zero-order chi connectivity index (χ0) is 10.4. The average molecular weight is 191 g/mol. The third-order valence-electron chi connectivity index (χ3n) is 2.23. The first kappa shape index (κ1) is 10.8. The van der Waals surface area contributed by atoms with Gasteiger partial charge in [0.25, 0.3) is 0 Å². The third kappa shape index (κ3) is 2.59. The molecule has 0 saturated carbocycles. The summed E-state index contributed by atoms with van der Waals surface area (Å²) >= 11 is 0. The third-order valence-corrected chi connectivity index (χ3v) is 2.23. The Kier molecular flexibility index (Phi) is 4.17. The van der Waals surface area contributed by atoms with E-state index in [1.165, 1.54) is 5.56 Å². The lowest BCUT2D eigenvalue weighted by molar-refractivity contribution is 0.213. The molecule has 0 fully saturated rings. The van der Waals surface area contributed by atoms with Gasteiger partial charge in [-0.15, -0.1) is 0 Å². The van der Waals surface area contributed by atoms with Gasteiger partial charge in [-0.1, -0.05) is 43.3 Å². The molecular formula is C12H17NO. The molecule has 14 heavy (non-hydrogen) atoms. The second-order valence-corrected chi connectivity index (χ2v) is 3.12. The molecule has 1 rings (SSSR count). The summed E-state index contributed by atoms with van der Waals surface area (Å²) in [5.74, 6) is 0. The highest BCUT2D eigenvalue weighted by Gasteiger charge is 2.00. The molecule has 0 bridgehead atoms. The topological polar surface area (TPSA) is 21.6 Å². The normalized spacial score (nSPS) is 11.5. The molecule has 76 valence electrons. The average Bonchev–Trinajstić information content (AvgIpc) is 2.26. The van der Waals surface area contributed by atoms with Crippen molar-refractivity contribution in [2.45, 2.75) is 26.7 Å².